The first-order valence-electron chi connectivity index (χ1n) is 8.91. The number of aliphatic hydroxyl groups is 1. The molecule has 4 atom stereocenters. The van der Waals surface area contributed by atoms with Gasteiger partial charge in [0.1, 0.15) is 0 Å². The number of carboxylic acid groups (broad SMARTS) is 1. The van der Waals surface area contributed by atoms with Gasteiger partial charge in [-0.15, -0.1) is 0 Å². The molecule has 23 heavy (non-hydrogen) atoms. The fraction of sp³-hybridized carbons (Fsp3) is 0.750. The van der Waals surface area contributed by atoms with Gasteiger partial charge in [0, 0.05) is 12.7 Å². The van der Waals surface area contributed by atoms with Crippen molar-refractivity contribution in [3.8, 4) is 0 Å². The van der Waals surface area contributed by atoms with E-state index in [-0.39, 0.29) is 17.4 Å². The summed E-state index contributed by atoms with van der Waals surface area (Å²) in [7, 11) is 0. The van der Waals surface area contributed by atoms with Crippen LogP contribution in [-0.2, 0) is 4.79 Å². The summed E-state index contributed by atoms with van der Waals surface area (Å²) in [5, 5.41) is 18.9. The van der Waals surface area contributed by atoms with Gasteiger partial charge in [0.05, 0.1) is 0 Å². The third kappa shape index (κ3) is 3.55. The zero-order chi connectivity index (χ0) is 17.3. The van der Waals surface area contributed by atoms with E-state index in [4.69, 9.17) is 5.11 Å². The Hall–Kier alpha value is -1.09. The Morgan fingerprint density at radius 2 is 2.09 bits per heavy atom. The van der Waals surface area contributed by atoms with Crippen molar-refractivity contribution < 1.29 is 15.0 Å². The lowest BCUT2D eigenvalue weighted by molar-refractivity contribution is -0.131. The van der Waals surface area contributed by atoms with E-state index < -0.39 is 5.97 Å². The van der Waals surface area contributed by atoms with E-state index in [1.165, 1.54) is 18.1 Å². The standard InChI is InChI=1S/C20H32O3/c1-14(12-18(22)23)6-8-16-15(2)7-9-17-19(3,13-21)10-5-11-20(16,17)4/h12,16-17,21H,2,5-11,13H2,1,3-4H3,(H,22,23)/b14-12+/t16-,17-,19-,20+/m0/s1. The van der Waals surface area contributed by atoms with Crippen molar-refractivity contribution in [2.45, 2.75) is 65.7 Å². The second-order valence-corrected chi connectivity index (χ2v) is 8.34. The summed E-state index contributed by atoms with van der Waals surface area (Å²) in [5.74, 6) is 0.108. The van der Waals surface area contributed by atoms with Crippen molar-refractivity contribution in [1.82, 2.24) is 0 Å². The largest absolute Gasteiger partial charge is 0.478 e. The van der Waals surface area contributed by atoms with Crippen LogP contribution in [0.3, 0.4) is 0 Å². The molecule has 0 saturated heterocycles. The Labute approximate surface area is 140 Å². The molecule has 0 aliphatic heterocycles. The Morgan fingerprint density at radius 3 is 2.70 bits per heavy atom. The maximum atomic E-state index is 10.8. The van der Waals surface area contributed by atoms with Crippen LogP contribution < -0.4 is 0 Å². The molecule has 0 bridgehead atoms. The lowest BCUT2D eigenvalue weighted by Gasteiger charge is -2.58. The van der Waals surface area contributed by atoms with Crippen LogP contribution in [-0.4, -0.2) is 22.8 Å². The lowest BCUT2D eigenvalue weighted by Crippen LogP contribution is -2.51. The molecule has 2 aliphatic carbocycles. The molecule has 3 nitrogen and oxygen atoms in total. The molecule has 2 rings (SSSR count). The van der Waals surface area contributed by atoms with Crippen molar-refractivity contribution in [3.05, 3.63) is 23.8 Å². The van der Waals surface area contributed by atoms with Gasteiger partial charge in [-0.05, 0) is 68.1 Å². The van der Waals surface area contributed by atoms with Crippen LogP contribution in [0, 0.1) is 22.7 Å². The summed E-state index contributed by atoms with van der Waals surface area (Å²) in [6.07, 6.45) is 8.76. The van der Waals surface area contributed by atoms with Crippen LogP contribution in [0.5, 0.6) is 0 Å². The van der Waals surface area contributed by atoms with E-state index in [9.17, 15) is 9.90 Å². The molecule has 0 heterocycles. The van der Waals surface area contributed by atoms with Crippen LogP contribution in [0.2, 0.25) is 0 Å². The number of carboxylic acids is 1. The molecule has 2 N–H and O–H groups in total. The van der Waals surface area contributed by atoms with Crippen LogP contribution in [0.25, 0.3) is 0 Å². The molecular weight excluding hydrogens is 288 g/mol. The Kier molecular flexibility index (Phi) is 5.40. The van der Waals surface area contributed by atoms with Gasteiger partial charge in [0.15, 0.2) is 0 Å². The highest BCUT2D eigenvalue weighted by Crippen LogP contribution is 2.61. The SMILES string of the molecule is C=C1CC[C@H]2[C@](C)(CO)CCC[C@]2(C)[C@H]1CC/C(C)=C/C(=O)O. The number of carbonyl (C=O) groups is 1. The van der Waals surface area contributed by atoms with Crippen molar-refractivity contribution >= 4 is 5.97 Å². The second-order valence-electron chi connectivity index (χ2n) is 8.34. The average Bonchev–Trinajstić information content (AvgIpc) is 2.45. The molecule has 0 aromatic heterocycles. The smallest absolute Gasteiger partial charge is 0.328 e. The van der Waals surface area contributed by atoms with Gasteiger partial charge < -0.3 is 10.2 Å². The summed E-state index contributed by atoms with van der Waals surface area (Å²) >= 11 is 0. The third-order valence-electron chi connectivity index (χ3n) is 6.70. The Balaban J connectivity index is 2.20. The predicted molar refractivity (Wildman–Crippen MR) is 93.1 cm³/mol. The lowest BCUT2D eigenvalue weighted by atomic mass is 9.47. The van der Waals surface area contributed by atoms with Gasteiger partial charge in [-0.25, -0.2) is 4.79 Å². The van der Waals surface area contributed by atoms with Crippen LogP contribution in [0.4, 0.5) is 0 Å². The van der Waals surface area contributed by atoms with Crippen molar-refractivity contribution in [3.63, 3.8) is 0 Å². The molecular formula is C20H32O3. The normalized spacial score (nSPS) is 38.3. The fourth-order valence-electron chi connectivity index (χ4n) is 5.46. The molecule has 0 spiro atoms. The molecule has 130 valence electrons. The number of allylic oxidation sites excluding steroid dienone is 2. The topological polar surface area (TPSA) is 57.5 Å². The summed E-state index contributed by atoms with van der Waals surface area (Å²) in [6, 6.07) is 0. The first kappa shape index (κ1) is 18.3. The van der Waals surface area contributed by atoms with Crippen LogP contribution in [0.15, 0.2) is 23.8 Å². The first-order chi connectivity index (χ1) is 10.7. The summed E-state index contributed by atoms with van der Waals surface area (Å²) in [4.78, 5) is 10.8. The van der Waals surface area contributed by atoms with Gasteiger partial charge in [-0.2, -0.15) is 0 Å². The zero-order valence-corrected chi connectivity index (χ0v) is 14.9. The maximum Gasteiger partial charge on any atom is 0.328 e. The number of aliphatic hydroxyl groups excluding tert-OH is 1. The maximum absolute atomic E-state index is 10.8. The molecule has 0 radical (unpaired) electrons. The van der Waals surface area contributed by atoms with Crippen LogP contribution >= 0.6 is 0 Å². The third-order valence-corrected chi connectivity index (χ3v) is 6.70. The van der Waals surface area contributed by atoms with E-state index >= 15 is 0 Å². The average molecular weight is 320 g/mol. The molecule has 2 saturated carbocycles. The van der Waals surface area contributed by atoms with E-state index in [1.807, 2.05) is 6.92 Å². The van der Waals surface area contributed by atoms with Crippen molar-refractivity contribution in [1.29, 1.82) is 0 Å². The zero-order valence-electron chi connectivity index (χ0n) is 14.9. The number of hydrogen-bond acceptors (Lipinski definition) is 2. The highest BCUT2D eigenvalue weighted by Gasteiger charge is 2.53. The first-order valence-corrected chi connectivity index (χ1v) is 8.91. The number of fused-ring (bicyclic) bond motifs is 1. The molecule has 0 amide bonds. The molecule has 0 aromatic carbocycles. The van der Waals surface area contributed by atoms with Crippen molar-refractivity contribution in [2.24, 2.45) is 22.7 Å². The minimum atomic E-state index is -0.861. The molecule has 3 heteroatoms. The summed E-state index contributed by atoms with van der Waals surface area (Å²) in [5.41, 5.74) is 2.47. The highest BCUT2D eigenvalue weighted by atomic mass is 16.4. The number of hydrogen-bond donors (Lipinski definition) is 2. The fourth-order valence-corrected chi connectivity index (χ4v) is 5.46. The van der Waals surface area contributed by atoms with E-state index in [0.29, 0.717) is 11.8 Å². The van der Waals surface area contributed by atoms with Gasteiger partial charge in [0.25, 0.3) is 0 Å². The van der Waals surface area contributed by atoms with Gasteiger partial charge >= 0.3 is 5.97 Å². The number of aliphatic carboxylic acids is 1. The molecule has 2 aliphatic rings. The number of rotatable bonds is 5. The Morgan fingerprint density at radius 1 is 1.39 bits per heavy atom. The monoisotopic (exact) mass is 320 g/mol. The summed E-state index contributed by atoms with van der Waals surface area (Å²) < 4.78 is 0. The molecule has 2 fully saturated rings. The van der Waals surface area contributed by atoms with Gasteiger partial charge in [0.2, 0.25) is 0 Å². The van der Waals surface area contributed by atoms with Gasteiger partial charge in [-0.1, -0.05) is 38.0 Å². The molecule has 0 unspecified atom stereocenters. The quantitative estimate of drug-likeness (QED) is 0.576. The molecule has 0 aromatic rings. The van der Waals surface area contributed by atoms with E-state index in [0.717, 1.165) is 44.1 Å². The van der Waals surface area contributed by atoms with Gasteiger partial charge in [-0.3, -0.25) is 0 Å². The van der Waals surface area contributed by atoms with Crippen molar-refractivity contribution in [2.75, 3.05) is 6.61 Å². The second kappa shape index (κ2) is 6.80. The Bertz CT molecular complexity index is 507. The minimum Gasteiger partial charge on any atom is -0.478 e. The van der Waals surface area contributed by atoms with E-state index in [1.54, 1.807) is 0 Å². The highest BCUT2D eigenvalue weighted by molar-refractivity contribution is 5.80. The van der Waals surface area contributed by atoms with Crippen LogP contribution in [0.1, 0.15) is 65.7 Å². The van der Waals surface area contributed by atoms with E-state index in [2.05, 4.69) is 20.4 Å². The summed E-state index contributed by atoms with van der Waals surface area (Å²) in [6.45, 7) is 11.1. The minimum absolute atomic E-state index is 0.0257. The predicted octanol–water partition coefficient (Wildman–Crippen LogP) is 4.57.